The van der Waals surface area contributed by atoms with Gasteiger partial charge in [-0.05, 0) is 21.7 Å². The Morgan fingerprint density at radius 3 is 2.72 bits per heavy atom. The van der Waals surface area contributed by atoms with E-state index in [4.69, 9.17) is 4.74 Å². The van der Waals surface area contributed by atoms with Gasteiger partial charge in [-0.15, -0.1) is 0 Å². The highest BCUT2D eigenvalue weighted by molar-refractivity contribution is 9.11. The molecule has 1 aliphatic carbocycles. The van der Waals surface area contributed by atoms with Gasteiger partial charge in [-0.25, -0.2) is 4.39 Å². The molecular formula is C15H12BrFO. The van der Waals surface area contributed by atoms with Gasteiger partial charge in [0, 0.05) is 24.5 Å². The SMILES string of the molecule is FC1=CC2=C(Cc3ccccc3CO2)C(=CBr)C1. The fourth-order valence-electron chi connectivity index (χ4n) is 2.38. The molecule has 2 aliphatic rings. The monoisotopic (exact) mass is 306 g/mol. The third-order valence-electron chi connectivity index (χ3n) is 3.33. The summed E-state index contributed by atoms with van der Waals surface area (Å²) in [5.74, 6) is 0.519. The molecule has 1 aliphatic heterocycles. The van der Waals surface area contributed by atoms with E-state index in [1.807, 2.05) is 12.1 Å². The number of ether oxygens (including phenoxy) is 1. The molecule has 1 heterocycles. The zero-order valence-corrected chi connectivity index (χ0v) is 11.3. The third-order valence-corrected chi connectivity index (χ3v) is 3.89. The molecule has 0 saturated heterocycles. The minimum atomic E-state index is -0.148. The van der Waals surface area contributed by atoms with Crippen molar-refractivity contribution in [3.05, 3.63) is 69.2 Å². The molecule has 0 fully saturated rings. The summed E-state index contributed by atoms with van der Waals surface area (Å²) in [5.41, 5.74) is 4.47. The number of halogens is 2. The Bertz CT molecular complexity index is 584. The van der Waals surface area contributed by atoms with Crippen LogP contribution in [0.5, 0.6) is 0 Å². The third kappa shape index (κ3) is 2.03. The summed E-state index contributed by atoms with van der Waals surface area (Å²) in [6.07, 6.45) is 2.66. The lowest BCUT2D eigenvalue weighted by Crippen LogP contribution is -2.03. The van der Waals surface area contributed by atoms with Gasteiger partial charge < -0.3 is 4.74 Å². The number of benzene rings is 1. The minimum Gasteiger partial charge on any atom is -0.488 e. The zero-order valence-electron chi connectivity index (χ0n) is 9.75. The highest BCUT2D eigenvalue weighted by Gasteiger charge is 2.23. The molecule has 3 heteroatoms. The highest BCUT2D eigenvalue weighted by atomic mass is 79.9. The Balaban J connectivity index is 2.08. The van der Waals surface area contributed by atoms with Crippen LogP contribution < -0.4 is 0 Å². The smallest absolute Gasteiger partial charge is 0.126 e. The van der Waals surface area contributed by atoms with Gasteiger partial charge >= 0.3 is 0 Å². The average Bonchev–Trinajstić information content (AvgIpc) is 2.57. The van der Waals surface area contributed by atoms with Crippen molar-refractivity contribution in [2.45, 2.75) is 19.4 Å². The van der Waals surface area contributed by atoms with Gasteiger partial charge in [-0.1, -0.05) is 40.2 Å². The zero-order chi connectivity index (χ0) is 12.5. The van der Waals surface area contributed by atoms with Crippen molar-refractivity contribution in [1.29, 1.82) is 0 Å². The topological polar surface area (TPSA) is 9.23 Å². The lowest BCUT2D eigenvalue weighted by Gasteiger charge is -2.17. The van der Waals surface area contributed by atoms with Gasteiger partial charge in [0.25, 0.3) is 0 Å². The van der Waals surface area contributed by atoms with Crippen LogP contribution in [0, 0.1) is 0 Å². The van der Waals surface area contributed by atoms with E-state index >= 15 is 0 Å². The van der Waals surface area contributed by atoms with Gasteiger partial charge in [0.15, 0.2) is 0 Å². The van der Waals surface area contributed by atoms with E-state index in [1.54, 1.807) is 4.99 Å². The summed E-state index contributed by atoms with van der Waals surface area (Å²) >= 11 is 3.32. The first-order valence-electron chi connectivity index (χ1n) is 5.86. The number of hydrogen-bond donors (Lipinski definition) is 0. The fourth-order valence-corrected chi connectivity index (χ4v) is 2.82. The van der Waals surface area contributed by atoms with Crippen LogP contribution in [0.25, 0.3) is 0 Å². The van der Waals surface area contributed by atoms with Crippen molar-refractivity contribution < 1.29 is 9.13 Å². The maximum Gasteiger partial charge on any atom is 0.126 e. The molecule has 1 nitrogen and oxygen atoms in total. The van der Waals surface area contributed by atoms with E-state index in [-0.39, 0.29) is 5.83 Å². The molecule has 3 rings (SSSR count). The van der Waals surface area contributed by atoms with E-state index in [0.717, 1.165) is 17.6 Å². The van der Waals surface area contributed by atoms with Crippen LogP contribution >= 0.6 is 15.9 Å². The van der Waals surface area contributed by atoms with E-state index in [1.165, 1.54) is 17.2 Å². The Kier molecular flexibility index (Phi) is 3.08. The maximum absolute atomic E-state index is 13.5. The van der Waals surface area contributed by atoms with E-state index in [0.29, 0.717) is 18.8 Å². The molecule has 92 valence electrons. The van der Waals surface area contributed by atoms with Gasteiger partial charge in [0.05, 0.1) is 0 Å². The Morgan fingerprint density at radius 2 is 1.94 bits per heavy atom. The first-order chi connectivity index (χ1) is 8.78. The van der Waals surface area contributed by atoms with Crippen molar-refractivity contribution in [3.8, 4) is 0 Å². The van der Waals surface area contributed by atoms with Crippen LogP contribution in [-0.4, -0.2) is 0 Å². The van der Waals surface area contributed by atoms with E-state index in [2.05, 4.69) is 28.1 Å². The number of fused-ring (bicyclic) bond motifs is 1. The average molecular weight is 307 g/mol. The van der Waals surface area contributed by atoms with Crippen molar-refractivity contribution in [2.24, 2.45) is 0 Å². The Morgan fingerprint density at radius 1 is 1.17 bits per heavy atom. The van der Waals surface area contributed by atoms with Crippen LogP contribution in [0.2, 0.25) is 0 Å². The Hall–Kier alpha value is -1.35. The summed E-state index contributed by atoms with van der Waals surface area (Å²) in [5, 5.41) is 0. The molecule has 0 N–H and O–H groups in total. The molecule has 0 unspecified atom stereocenters. The summed E-state index contributed by atoms with van der Waals surface area (Å²) < 4.78 is 19.3. The summed E-state index contributed by atoms with van der Waals surface area (Å²) in [6.45, 7) is 0.508. The second-order valence-electron chi connectivity index (χ2n) is 4.48. The molecule has 0 aromatic heterocycles. The predicted molar refractivity (Wildman–Crippen MR) is 72.8 cm³/mol. The second kappa shape index (κ2) is 4.73. The fraction of sp³-hybridized carbons (Fsp3) is 0.200. The standard InChI is InChI=1S/C15H12BrFO/c16-8-12-5-13(17)7-15-14(12)6-10-3-1-2-4-11(10)9-18-15/h1-4,7-8H,5-6,9H2. The van der Waals surface area contributed by atoms with Gasteiger partial charge in [-0.3, -0.25) is 0 Å². The van der Waals surface area contributed by atoms with Crippen molar-refractivity contribution in [3.63, 3.8) is 0 Å². The number of rotatable bonds is 0. The molecule has 0 saturated carbocycles. The van der Waals surface area contributed by atoms with Crippen LogP contribution in [0.15, 0.2) is 58.1 Å². The summed E-state index contributed by atoms with van der Waals surface area (Å²) in [4.78, 5) is 1.80. The minimum absolute atomic E-state index is 0.148. The van der Waals surface area contributed by atoms with Crippen molar-refractivity contribution in [2.75, 3.05) is 0 Å². The number of hydrogen-bond acceptors (Lipinski definition) is 1. The molecule has 0 bridgehead atoms. The molecule has 0 amide bonds. The molecular weight excluding hydrogens is 295 g/mol. The second-order valence-corrected chi connectivity index (χ2v) is 4.94. The molecule has 0 spiro atoms. The van der Waals surface area contributed by atoms with Crippen molar-refractivity contribution >= 4 is 15.9 Å². The molecule has 18 heavy (non-hydrogen) atoms. The van der Waals surface area contributed by atoms with Crippen LogP contribution in [0.4, 0.5) is 4.39 Å². The van der Waals surface area contributed by atoms with E-state index < -0.39 is 0 Å². The molecule has 0 atom stereocenters. The Labute approximate surface area is 114 Å². The highest BCUT2D eigenvalue weighted by Crippen LogP contribution is 2.36. The predicted octanol–water partition coefficient (Wildman–Crippen LogP) is 4.55. The van der Waals surface area contributed by atoms with Gasteiger partial charge in [0.1, 0.15) is 18.2 Å². The first-order valence-corrected chi connectivity index (χ1v) is 6.78. The lowest BCUT2D eigenvalue weighted by atomic mass is 9.91. The van der Waals surface area contributed by atoms with Crippen molar-refractivity contribution in [1.82, 2.24) is 0 Å². The quantitative estimate of drug-likeness (QED) is 0.683. The summed E-state index contributed by atoms with van der Waals surface area (Å²) in [7, 11) is 0. The normalized spacial score (nSPS) is 20.8. The van der Waals surface area contributed by atoms with Gasteiger partial charge in [0.2, 0.25) is 0 Å². The largest absolute Gasteiger partial charge is 0.488 e. The van der Waals surface area contributed by atoms with Crippen LogP contribution in [0.1, 0.15) is 17.5 Å². The lowest BCUT2D eigenvalue weighted by molar-refractivity contribution is 0.208. The summed E-state index contributed by atoms with van der Waals surface area (Å²) in [6, 6.07) is 8.20. The van der Waals surface area contributed by atoms with Crippen LogP contribution in [-0.2, 0) is 17.8 Å². The molecule has 1 aromatic carbocycles. The number of allylic oxidation sites excluding steroid dienone is 4. The van der Waals surface area contributed by atoms with Crippen LogP contribution in [0.3, 0.4) is 0 Å². The van der Waals surface area contributed by atoms with E-state index in [9.17, 15) is 4.39 Å². The van der Waals surface area contributed by atoms with Gasteiger partial charge in [-0.2, -0.15) is 0 Å². The maximum atomic E-state index is 13.5. The first kappa shape index (κ1) is 11.7. The molecule has 0 radical (unpaired) electrons. The molecule has 1 aromatic rings.